The summed E-state index contributed by atoms with van der Waals surface area (Å²) in [6.45, 7) is 0. The van der Waals surface area contributed by atoms with Crippen LogP contribution in [-0.2, 0) is 0 Å². The number of amides is 1. The summed E-state index contributed by atoms with van der Waals surface area (Å²) in [4.78, 5) is 25.9. The van der Waals surface area contributed by atoms with Gasteiger partial charge in [-0.15, -0.1) is 0 Å². The summed E-state index contributed by atoms with van der Waals surface area (Å²) in [7, 11) is 0. The van der Waals surface area contributed by atoms with Gasteiger partial charge in [-0.25, -0.2) is 9.78 Å². The summed E-state index contributed by atoms with van der Waals surface area (Å²) in [5, 5.41) is 9.58. The van der Waals surface area contributed by atoms with Crippen LogP contribution in [0.3, 0.4) is 0 Å². The number of carboxylic acid groups (broad SMARTS) is 1. The molecule has 1 heterocycles. The molecule has 0 atom stereocenters. The Morgan fingerprint density at radius 2 is 1.94 bits per heavy atom. The molecule has 0 radical (unpaired) electrons. The molecule has 1 amide bonds. The van der Waals surface area contributed by atoms with E-state index in [1.807, 2.05) is 0 Å². The highest BCUT2D eigenvalue weighted by Crippen LogP contribution is 2.16. The van der Waals surface area contributed by atoms with E-state index in [4.69, 9.17) is 10.8 Å². The lowest BCUT2D eigenvalue weighted by atomic mass is 10.1. The third-order valence-electron chi connectivity index (χ3n) is 2.19. The highest BCUT2D eigenvalue weighted by atomic mass is 16.4. The Labute approximate surface area is 90.5 Å². The van der Waals surface area contributed by atoms with Gasteiger partial charge < -0.3 is 10.8 Å². The van der Waals surface area contributed by atoms with Crippen LogP contribution in [0.2, 0.25) is 0 Å². The molecule has 0 fully saturated rings. The molecule has 1 aromatic carbocycles. The molecule has 0 saturated carbocycles. The van der Waals surface area contributed by atoms with Crippen LogP contribution in [0, 0.1) is 0 Å². The first kappa shape index (κ1) is 10.1. The molecular formula is C11H8N2O3. The van der Waals surface area contributed by atoms with E-state index >= 15 is 0 Å². The van der Waals surface area contributed by atoms with E-state index < -0.39 is 11.9 Å². The lowest BCUT2D eigenvalue weighted by molar-refractivity contribution is 0.0691. The number of nitrogens with two attached hydrogens (primary N) is 1. The molecule has 2 rings (SSSR count). The Hall–Kier alpha value is -2.43. The minimum absolute atomic E-state index is 0.175. The molecule has 16 heavy (non-hydrogen) atoms. The van der Waals surface area contributed by atoms with Crippen LogP contribution in [-0.4, -0.2) is 22.0 Å². The number of hydrogen-bond donors (Lipinski definition) is 2. The van der Waals surface area contributed by atoms with Gasteiger partial charge in [-0.1, -0.05) is 18.2 Å². The Bertz CT molecular complexity index is 540. The Morgan fingerprint density at radius 3 is 2.56 bits per heavy atom. The summed E-state index contributed by atoms with van der Waals surface area (Å²) in [6.07, 6.45) is 0. The highest BCUT2D eigenvalue weighted by molar-refractivity contribution is 6.05. The van der Waals surface area contributed by atoms with Crippen molar-refractivity contribution in [2.24, 2.45) is 5.73 Å². The van der Waals surface area contributed by atoms with Crippen LogP contribution >= 0.6 is 0 Å². The van der Waals surface area contributed by atoms with E-state index in [0.717, 1.165) is 0 Å². The number of nitrogens with zero attached hydrogens (tertiary/aromatic N) is 1. The van der Waals surface area contributed by atoms with Crippen LogP contribution in [0.5, 0.6) is 0 Å². The van der Waals surface area contributed by atoms with Crippen molar-refractivity contribution >= 4 is 22.8 Å². The Morgan fingerprint density at radius 1 is 1.25 bits per heavy atom. The van der Waals surface area contributed by atoms with Gasteiger partial charge in [0.1, 0.15) is 5.69 Å². The van der Waals surface area contributed by atoms with Crippen molar-refractivity contribution < 1.29 is 14.7 Å². The first-order chi connectivity index (χ1) is 7.59. The van der Waals surface area contributed by atoms with E-state index in [1.54, 1.807) is 24.3 Å². The van der Waals surface area contributed by atoms with E-state index in [2.05, 4.69) is 4.98 Å². The van der Waals surface area contributed by atoms with Crippen LogP contribution in [0.1, 0.15) is 20.8 Å². The summed E-state index contributed by atoms with van der Waals surface area (Å²) < 4.78 is 0. The van der Waals surface area contributed by atoms with Crippen molar-refractivity contribution in [1.82, 2.24) is 4.98 Å². The van der Waals surface area contributed by atoms with Gasteiger partial charge in [-0.2, -0.15) is 0 Å². The molecule has 0 spiro atoms. The monoisotopic (exact) mass is 216 g/mol. The number of aromatic nitrogens is 1. The maximum Gasteiger partial charge on any atom is 0.338 e. The number of hydrogen-bond acceptors (Lipinski definition) is 3. The average Bonchev–Trinajstić information content (AvgIpc) is 2.27. The number of benzene rings is 1. The molecular weight excluding hydrogens is 208 g/mol. The summed E-state index contributed by atoms with van der Waals surface area (Å²) in [5.41, 5.74) is 5.23. The number of carbonyl (C=O) groups is 2. The molecule has 0 aliphatic carbocycles. The molecule has 80 valence electrons. The topological polar surface area (TPSA) is 93.3 Å². The molecule has 0 aliphatic rings. The second kappa shape index (κ2) is 3.62. The van der Waals surface area contributed by atoms with Gasteiger partial charge in [0.15, 0.2) is 0 Å². The first-order valence-electron chi connectivity index (χ1n) is 4.52. The summed E-state index contributed by atoms with van der Waals surface area (Å²) in [5.74, 6) is -2.06. The SMILES string of the molecule is NC(=O)c1nc2ccccc2cc1C(=O)O. The molecule has 3 N–H and O–H groups in total. The number of aromatic carboxylic acids is 1. The third-order valence-corrected chi connectivity index (χ3v) is 2.19. The predicted octanol–water partition coefficient (Wildman–Crippen LogP) is 1.03. The van der Waals surface area contributed by atoms with Crippen molar-refractivity contribution in [2.75, 3.05) is 0 Å². The fourth-order valence-electron chi connectivity index (χ4n) is 1.47. The number of rotatable bonds is 2. The second-order valence-corrected chi connectivity index (χ2v) is 3.25. The zero-order chi connectivity index (χ0) is 11.7. The Kier molecular flexibility index (Phi) is 2.28. The van der Waals surface area contributed by atoms with Gasteiger partial charge in [0, 0.05) is 5.39 Å². The molecule has 0 unspecified atom stereocenters. The number of carboxylic acids is 1. The molecule has 5 heteroatoms. The molecule has 2 aromatic rings. The Balaban J connectivity index is 2.81. The van der Waals surface area contributed by atoms with Gasteiger partial charge in [0.05, 0.1) is 11.1 Å². The smallest absolute Gasteiger partial charge is 0.338 e. The molecule has 1 aromatic heterocycles. The van der Waals surface area contributed by atoms with Gasteiger partial charge >= 0.3 is 5.97 Å². The molecule has 0 aliphatic heterocycles. The lowest BCUT2D eigenvalue weighted by Gasteiger charge is -2.03. The lowest BCUT2D eigenvalue weighted by Crippen LogP contribution is -2.18. The normalized spacial score (nSPS) is 10.2. The van der Waals surface area contributed by atoms with Gasteiger partial charge in [0.25, 0.3) is 5.91 Å². The first-order valence-corrected chi connectivity index (χ1v) is 4.52. The summed E-state index contributed by atoms with van der Waals surface area (Å²) >= 11 is 0. The number of primary amides is 1. The largest absolute Gasteiger partial charge is 0.478 e. The minimum Gasteiger partial charge on any atom is -0.478 e. The fraction of sp³-hybridized carbons (Fsp3) is 0. The van der Waals surface area contributed by atoms with Crippen LogP contribution in [0.25, 0.3) is 10.9 Å². The third kappa shape index (κ3) is 1.58. The van der Waals surface area contributed by atoms with Crippen molar-refractivity contribution in [3.8, 4) is 0 Å². The van der Waals surface area contributed by atoms with E-state index in [0.29, 0.717) is 10.9 Å². The van der Waals surface area contributed by atoms with Crippen LogP contribution in [0.4, 0.5) is 0 Å². The van der Waals surface area contributed by atoms with Crippen molar-refractivity contribution in [3.63, 3.8) is 0 Å². The fourth-order valence-corrected chi connectivity index (χ4v) is 1.47. The molecule has 0 saturated heterocycles. The second-order valence-electron chi connectivity index (χ2n) is 3.25. The van der Waals surface area contributed by atoms with E-state index in [1.165, 1.54) is 6.07 Å². The number of carbonyl (C=O) groups excluding carboxylic acids is 1. The van der Waals surface area contributed by atoms with Crippen molar-refractivity contribution in [1.29, 1.82) is 0 Å². The van der Waals surface area contributed by atoms with Crippen LogP contribution in [0.15, 0.2) is 30.3 Å². The zero-order valence-corrected chi connectivity index (χ0v) is 8.18. The van der Waals surface area contributed by atoms with Crippen molar-refractivity contribution in [3.05, 3.63) is 41.6 Å². The number of pyridine rings is 1. The van der Waals surface area contributed by atoms with Gasteiger partial charge in [-0.05, 0) is 12.1 Å². The number of fused-ring (bicyclic) bond motifs is 1. The minimum atomic E-state index is -1.22. The molecule has 5 nitrogen and oxygen atoms in total. The highest BCUT2D eigenvalue weighted by Gasteiger charge is 2.16. The quantitative estimate of drug-likeness (QED) is 0.784. The van der Waals surface area contributed by atoms with E-state index in [9.17, 15) is 9.59 Å². The van der Waals surface area contributed by atoms with E-state index in [-0.39, 0.29) is 11.3 Å². The maximum absolute atomic E-state index is 11.1. The van der Waals surface area contributed by atoms with Gasteiger partial charge in [-0.3, -0.25) is 4.79 Å². The van der Waals surface area contributed by atoms with Crippen molar-refractivity contribution in [2.45, 2.75) is 0 Å². The average molecular weight is 216 g/mol. The predicted molar refractivity (Wildman–Crippen MR) is 57.2 cm³/mol. The number of para-hydroxylation sites is 1. The standard InChI is InChI=1S/C11H8N2O3/c12-10(14)9-7(11(15)16)5-6-3-1-2-4-8(6)13-9/h1-5H,(H2,12,14)(H,15,16). The van der Waals surface area contributed by atoms with Crippen LogP contribution < -0.4 is 5.73 Å². The summed E-state index contributed by atoms with van der Waals surface area (Å²) in [6, 6.07) is 8.32. The maximum atomic E-state index is 11.1. The zero-order valence-electron chi connectivity index (χ0n) is 8.18. The van der Waals surface area contributed by atoms with Gasteiger partial charge in [0.2, 0.25) is 0 Å². The molecule has 0 bridgehead atoms.